The second-order valence-corrected chi connectivity index (χ2v) is 6.17. The van der Waals surface area contributed by atoms with Gasteiger partial charge in [0.25, 0.3) is 0 Å². The van der Waals surface area contributed by atoms with E-state index in [1.54, 1.807) is 7.11 Å². The zero-order chi connectivity index (χ0) is 15.6. The van der Waals surface area contributed by atoms with Crippen molar-refractivity contribution in [3.8, 4) is 5.75 Å². The van der Waals surface area contributed by atoms with Crippen molar-refractivity contribution < 1.29 is 13.9 Å². The van der Waals surface area contributed by atoms with Crippen molar-refractivity contribution in [2.45, 2.75) is 33.4 Å². The molecule has 0 saturated heterocycles. The van der Waals surface area contributed by atoms with Gasteiger partial charge in [0, 0.05) is 5.39 Å². The summed E-state index contributed by atoms with van der Waals surface area (Å²) in [5, 5.41) is 4.13. The summed E-state index contributed by atoms with van der Waals surface area (Å²) in [6.07, 6.45) is 0. The fourth-order valence-corrected chi connectivity index (χ4v) is 2.37. The molecule has 1 aromatic heterocycles. The number of methoxy groups -OCH3 is 1. The Balaban J connectivity index is 2.18. The topological polar surface area (TPSA) is 77.5 Å². The Morgan fingerprint density at radius 1 is 1.43 bits per heavy atom. The Morgan fingerprint density at radius 3 is 2.71 bits per heavy atom. The SMILES string of the molecule is COc1cccc2cc(CNC(C(N)=O)C(C)(C)C)oc12. The van der Waals surface area contributed by atoms with E-state index in [2.05, 4.69) is 5.32 Å². The lowest BCUT2D eigenvalue weighted by atomic mass is 9.86. The van der Waals surface area contributed by atoms with Crippen LogP contribution in [0.2, 0.25) is 0 Å². The number of rotatable bonds is 5. The summed E-state index contributed by atoms with van der Waals surface area (Å²) in [5.41, 5.74) is 5.91. The van der Waals surface area contributed by atoms with Crippen molar-refractivity contribution >= 4 is 16.9 Å². The van der Waals surface area contributed by atoms with Gasteiger partial charge in [-0.15, -0.1) is 0 Å². The van der Waals surface area contributed by atoms with Gasteiger partial charge in [-0.2, -0.15) is 0 Å². The van der Waals surface area contributed by atoms with Gasteiger partial charge in [-0.1, -0.05) is 32.9 Å². The fraction of sp³-hybridized carbons (Fsp3) is 0.438. The number of fused-ring (bicyclic) bond motifs is 1. The van der Waals surface area contributed by atoms with Crippen molar-refractivity contribution in [1.82, 2.24) is 5.32 Å². The molecular weight excluding hydrogens is 268 g/mol. The van der Waals surface area contributed by atoms with E-state index >= 15 is 0 Å². The monoisotopic (exact) mass is 290 g/mol. The minimum atomic E-state index is -0.424. The highest BCUT2D eigenvalue weighted by Crippen LogP contribution is 2.28. The minimum absolute atomic E-state index is 0.254. The Labute approximate surface area is 124 Å². The molecule has 2 rings (SSSR count). The molecule has 1 unspecified atom stereocenters. The fourth-order valence-electron chi connectivity index (χ4n) is 2.37. The highest BCUT2D eigenvalue weighted by Gasteiger charge is 2.29. The van der Waals surface area contributed by atoms with Crippen molar-refractivity contribution in [2.24, 2.45) is 11.1 Å². The van der Waals surface area contributed by atoms with Crippen LogP contribution in [-0.4, -0.2) is 19.1 Å². The zero-order valence-electron chi connectivity index (χ0n) is 12.9. The van der Waals surface area contributed by atoms with Crippen LogP contribution in [0.4, 0.5) is 0 Å². The number of nitrogens with one attached hydrogen (secondary N) is 1. The Morgan fingerprint density at radius 2 is 2.14 bits per heavy atom. The number of hydrogen-bond acceptors (Lipinski definition) is 4. The largest absolute Gasteiger partial charge is 0.493 e. The van der Waals surface area contributed by atoms with Crippen LogP contribution in [0.3, 0.4) is 0 Å². The second kappa shape index (κ2) is 5.77. The third-order valence-corrected chi connectivity index (χ3v) is 3.41. The molecule has 1 aromatic carbocycles. The van der Waals surface area contributed by atoms with Gasteiger partial charge in [-0.25, -0.2) is 0 Å². The summed E-state index contributed by atoms with van der Waals surface area (Å²) >= 11 is 0. The molecule has 0 bridgehead atoms. The van der Waals surface area contributed by atoms with Gasteiger partial charge >= 0.3 is 0 Å². The molecule has 1 heterocycles. The molecule has 5 nitrogen and oxygen atoms in total. The first-order valence-electron chi connectivity index (χ1n) is 6.91. The summed E-state index contributed by atoms with van der Waals surface area (Å²) in [7, 11) is 1.61. The first-order valence-corrected chi connectivity index (χ1v) is 6.91. The van der Waals surface area contributed by atoms with Crippen LogP contribution >= 0.6 is 0 Å². The van der Waals surface area contributed by atoms with Crippen LogP contribution in [0.1, 0.15) is 26.5 Å². The summed E-state index contributed by atoms with van der Waals surface area (Å²) in [6.45, 7) is 6.34. The average Bonchev–Trinajstić information content (AvgIpc) is 2.79. The molecule has 1 atom stereocenters. The van der Waals surface area contributed by atoms with Gasteiger partial charge in [0.15, 0.2) is 11.3 Å². The first kappa shape index (κ1) is 15.4. The maximum Gasteiger partial charge on any atom is 0.235 e. The molecule has 114 valence electrons. The van der Waals surface area contributed by atoms with Crippen LogP contribution in [0.25, 0.3) is 11.0 Å². The van der Waals surface area contributed by atoms with E-state index in [1.807, 2.05) is 45.0 Å². The van der Waals surface area contributed by atoms with Crippen molar-refractivity contribution in [2.75, 3.05) is 7.11 Å². The summed E-state index contributed by atoms with van der Waals surface area (Å²) in [5.74, 6) is 1.07. The van der Waals surface area contributed by atoms with Crippen molar-refractivity contribution in [1.29, 1.82) is 0 Å². The van der Waals surface area contributed by atoms with Gasteiger partial charge < -0.3 is 14.9 Å². The Kier molecular flexibility index (Phi) is 4.23. The molecule has 2 aromatic rings. The van der Waals surface area contributed by atoms with Gasteiger partial charge in [-0.05, 0) is 17.5 Å². The first-order chi connectivity index (χ1) is 9.82. The Bertz CT molecular complexity index is 640. The zero-order valence-corrected chi connectivity index (χ0v) is 12.9. The lowest BCUT2D eigenvalue weighted by Crippen LogP contribution is -2.49. The molecule has 21 heavy (non-hydrogen) atoms. The van der Waals surface area contributed by atoms with E-state index in [4.69, 9.17) is 14.9 Å². The summed E-state index contributed by atoms with van der Waals surface area (Å²) in [4.78, 5) is 11.5. The maximum absolute atomic E-state index is 11.5. The third-order valence-electron chi connectivity index (χ3n) is 3.41. The van der Waals surface area contributed by atoms with E-state index < -0.39 is 6.04 Å². The van der Waals surface area contributed by atoms with Crippen LogP contribution < -0.4 is 15.8 Å². The highest BCUT2D eigenvalue weighted by atomic mass is 16.5. The van der Waals surface area contributed by atoms with Gasteiger partial charge in [0.1, 0.15) is 5.76 Å². The quantitative estimate of drug-likeness (QED) is 0.886. The Hall–Kier alpha value is -2.01. The lowest BCUT2D eigenvalue weighted by Gasteiger charge is -2.28. The molecule has 0 aliphatic carbocycles. The number of furan rings is 1. The smallest absolute Gasteiger partial charge is 0.235 e. The molecule has 0 aliphatic heterocycles. The predicted octanol–water partition coefficient (Wildman–Crippen LogP) is 2.43. The number of hydrogen-bond donors (Lipinski definition) is 2. The maximum atomic E-state index is 11.5. The molecule has 3 N–H and O–H groups in total. The van der Waals surface area contributed by atoms with E-state index in [-0.39, 0.29) is 11.3 Å². The molecule has 5 heteroatoms. The molecule has 0 saturated carbocycles. The number of carbonyl (C=O) groups excluding carboxylic acids is 1. The van der Waals surface area contributed by atoms with Crippen LogP contribution in [0.15, 0.2) is 28.7 Å². The molecule has 0 radical (unpaired) electrons. The summed E-state index contributed by atoms with van der Waals surface area (Å²) < 4.78 is 11.1. The van der Waals surface area contributed by atoms with E-state index in [0.29, 0.717) is 17.9 Å². The van der Waals surface area contributed by atoms with Crippen LogP contribution in [-0.2, 0) is 11.3 Å². The minimum Gasteiger partial charge on any atom is -0.493 e. The third kappa shape index (κ3) is 3.36. The van der Waals surface area contributed by atoms with Crippen LogP contribution in [0.5, 0.6) is 5.75 Å². The molecule has 0 aliphatic rings. The standard InChI is InChI=1S/C16H22N2O3/c1-16(2,3)14(15(17)19)18-9-11-8-10-6-5-7-12(20-4)13(10)21-11/h5-8,14,18H,9H2,1-4H3,(H2,17,19). The number of ether oxygens (including phenoxy) is 1. The molecule has 1 amide bonds. The van der Waals surface area contributed by atoms with Crippen molar-refractivity contribution in [3.05, 3.63) is 30.0 Å². The average molecular weight is 290 g/mol. The number of nitrogens with two attached hydrogens (primary N) is 1. The van der Waals surface area contributed by atoms with E-state index in [9.17, 15) is 4.79 Å². The molecule has 0 spiro atoms. The lowest BCUT2D eigenvalue weighted by molar-refractivity contribution is -0.122. The van der Waals surface area contributed by atoms with Gasteiger partial charge in [0.05, 0.1) is 19.7 Å². The number of primary amides is 1. The van der Waals surface area contributed by atoms with E-state index in [0.717, 1.165) is 11.1 Å². The van der Waals surface area contributed by atoms with Gasteiger partial charge in [0.2, 0.25) is 5.91 Å². The molecule has 0 fully saturated rings. The second-order valence-electron chi connectivity index (χ2n) is 6.17. The number of amides is 1. The van der Waals surface area contributed by atoms with Crippen LogP contribution in [0, 0.1) is 5.41 Å². The molecular formula is C16H22N2O3. The highest BCUT2D eigenvalue weighted by molar-refractivity contribution is 5.83. The summed E-state index contributed by atoms with van der Waals surface area (Å²) in [6, 6.07) is 7.23. The number of benzene rings is 1. The van der Waals surface area contributed by atoms with Gasteiger partial charge in [-0.3, -0.25) is 10.1 Å². The predicted molar refractivity (Wildman–Crippen MR) is 82.0 cm³/mol. The number of para-hydroxylation sites is 1. The van der Waals surface area contributed by atoms with E-state index in [1.165, 1.54) is 0 Å². The normalized spacial score (nSPS) is 13.3. The van der Waals surface area contributed by atoms with Crippen molar-refractivity contribution in [3.63, 3.8) is 0 Å². The number of carbonyl (C=O) groups is 1.